The molecule has 0 N–H and O–H groups in total. The highest BCUT2D eigenvalue weighted by atomic mass is 16.6. The van der Waals surface area contributed by atoms with Crippen LogP contribution in [0.2, 0.25) is 0 Å². The monoisotopic (exact) mass is 643 g/mol. The molecule has 3 aliphatic rings. The normalized spacial score (nSPS) is 23.5. The lowest BCUT2D eigenvalue weighted by atomic mass is 9.84. The average Bonchev–Trinajstić information content (AvgIpc) is 3.25. The molecular formula is C35H43N6O6. The predicted octanol–water partition coefficient (Wildman–Crippen LogP) is 4.51. The van der Waals surface area contributed by atoms with Crippen LogP contribution in [0, 0.1) is 27.5 Å². The highest BCUT2D eigenvalue weighted by Gasteiger charge is 2.62. The van der Waals surface area contributed by atoms with Crippen LogP contribution < -0.4 is 0 Å². The predicted molar refractivity (Wildman–Crippen MR) is 174 cm³/mol. The van der Waals surface area contributed by atoms with Crippen molar-refractivity contribution in [3.8, 4) is 11.8 Å². The summed E-state index contributed by atoms with van der Waals surface area (Å²) in [6, 6.07) is 11.4. The van der Waals surface area contributed by atoms with Crippen LogP contribution in [0.25, 0.3) is 0 Å². The van der Waals surface area contributed by atoms with Gasteiger partial charge in [-0.05, 0) is 126 Å². The summed E-state index contributed by atoms with van der Waals surface area (Å²) in [6.45, 7) is 20.4. The highest BCUT2D eigenvalue weighted by molar-refractivity contribution is 6.02. The van der Waals surface area contributed by atoms with E-state index in [9.17, 15) is 31.2 Å². The van der Waals surface area contributed by atoms with Crippen molar-refractivity contribution in [2.75, 3.05) is 0 Å². The van der Waals surface area contributed by atoms with Crippen LogP contribution in [-0.4, -0.2) is 80.1 Å². The molecule has 3 heterocycles. The van der Waals surface area contributed by atoms with Crippen LogP contribution in [0.3, 0.4) is 0 Å². The van der Waals surface area contributed by atoms with Crippen molar-refractivity contribution in [3.05, 3.63) is 85.9 Å². The zero-order valence-corrected chi connectivity index (χ0v) is 29.2. The lowest BCUT2D eigenvalue weighted by molar-refractivity contribution is -0.540. The maximum atomic E-state index is 13.6. The van der Waals surface area contributed by atoms with E-state index in [1.807, 2.05) is 0 Å². The summed E-state index contributed by atoms with van der Waals surface area (Å²) in [7, 11) is 0. The number of hydroxylamine groups is 9. The molecule has 12 heteroatoms. The molecule has 3 aliphatic heterocycles. The number of amidine groups is 3. The molecule has 0 unspecified atom stereocenters. The van der Waals surface area contributed by atoms with Gasteiger partial charge >= 0.3 is 17.5 Å². The van der Waals surface area contributed by atoms with Crippen LogP contribution in [0.5, 0.6) is 0 Å². The molecule has 0 atom stereocenters. The van der Waals surface area contributed by atoms with Crippen molar-refractivity contribution in [3.63, 3.8) is 0 Å². The fourth-order valence-electron chi connectivity index (χ4n) is 5.84. The summed E-state index contributed by atoms with van der Waals surface area (Å²) in [4.78, 5) is 0. The van der Waals surface area contributed by atoms with Crippen LogP contribution in [0.1, 0.15) is 111 Å². The van der Waals surface area contributed by atoms with E-state index in [1.165, 1.54) is 6.07 Å². The van der Waals surface area contributed by atoms with Crippen LogP contribution >= 0.6 is 0 Å². The van der Waals surface area contributed by atoms with E-state index >= 15 is 0 Å². The topological polar surface area (TPSA) is 148 Å². The van der Waals surface area contributed by atoms with Gasteiger partial charge in [0.25, 0.3) is 0 Å². The Bertz CT molecular complexity index is 1750. The maximum Gasteiger partial charge on any atom is 0.316 e. The van der Waals surface area contributed by atoms with E-state index in [-0.39, 0.29) is 28.6 Å². The second-order valence-electron chi connectivity index (χ2n) is 15.7. The second-order valence-corrected chi connectivity index (χ2v) is 15.7. The molecule has 0 saturated carbocycles. The molecule has 0 amide bonds. The molecule has 47 heavy (non-hydrogen) atoms. The summed E-state index contributed by atoms with van der Waals surface area (Å²) in [5, 5.41) is 82.6. The fraction of sp³-hybridized carbons (Fsp3) is 0.514. The lowest BCUT2D eigenvalue weighted by Crippen LogP contribution is -2.53. The molecule has 0 aliphatic carbocycles. The molecule has 3 radical (unpaired) electrons. The molecule has 5 rings (SSSR count). The Morgan fingerprint density at radius 1 is 0.468 bits per heavy atom. The van der Waals surface area contributed by atoms with Crippen molar-refractivity contribution >= 4 is 17.5 Å². The molecule has 0 bridgehead atoms. The SMILES string of the molecule is CC1(C)N([O])C(c2ccc(C#Cc3cc(C4=[N+]([O-])C(C)(C)C(C)(C)N4[O])cc(C4=[N+]([O-])C(C)(C)C(C)(C)N4[O])c3)cc2)=[N+]([O-])C1(C)C. The molecule has 0 aromatic heterocycles. The number of hydrogen-bond acceptors (Lipinski definition) is 6. The van der Waals surface area contributed by atoms with Crippen molar-refractivity contribution in [2.45, 2.75) is 116 Å². The Kier molecular flexibility index (Phi) is 7.31. The van der Waals surface area contributed by atoms with E-state index in [2.05, 4.69) is 11.8 Å². The van der Waals surface area contributed by atoms with E-state index in [1.54, 1.807) is 119 Å². The fourth-order valence-corrected chi connectivity index (χ4v) is 5.84. The Hall–Kier alpha value is -4.31. The van der Waals surface area contributed by atoms with E-state index in [4.69, 9.17) is 0 Å². The summed E-state index contributed by atoms with van der Waals surface area (Å²) < 4.78 is 2.10. The minimum absolute atomic E-state index is 0.0180. The third-order valence-corrected chi connectivity index (χ3v) is 11.6. The largest absolute Gasteiger partial charge is 0.714 e. The molecule has 249 valence electrons. The van der Waals surface area contributed by atoms with Gasteiger partial charge in [0, 0.05) is 26.7 Å². The first-order chi connectivity index (χ1) is 21.3. The minimum Gasteiger partial charge on any atom is -0.714 e. The van der Waals surface area contributed by atoms with Gasteiger partial charge in [0.1, 0.15) is 16.6 Å². The first-order valence-electron chi connectivity index (χ1n) is 15.6. The lowest BCUT2D eigenvalue weighted by Gasteiger charge is -2.32. The zero-order chi connectivity index (χ0) is 35.4. The number of rotatable bonds is 3. The van der Waals surface area contributed by atoms with Gasteiger partial charge in [-0.25, -0.2) is 0 Å². The second kappa shape index (κ2) is 10.1. The van der Waals surface area contributed by atoms with Crippen molar-refractivity contribution in [1.82, 2.24) is 15.2 Å². The average molecular weight is 644 g/mol. The van der Waals surface area contributed by atoms with Crippen molar-refractivity contribution in [2.24, 2.45) is 0 Å². The highest BCUT2D eigenvalue weighted by Crippen LogP contribution is 2.40. The molecule has 12 nitrogen and oxygen atoms in total. The quantitative estimate of drug-likeness (QED) is 0.273. The number of nitrogens with zero attached hydrogens (tertiary/aromatic N) is 6. The van der Waals surface area contributed by atoms with Crippen LogP contribution in [0.4, 0.5) is 0 Å². The Labute approximate surface area is 276 Å². The third-order valence-electron chi connectivity index (χ3n) is 11.6. The Morgan fingerprint density at radius 3 is 1.06 bits per heavy atom. The van der Waals surface area contributed by atoms with Crippen molar-refractivity contribution in [1.29, 1.82) is 0 Å². The first-order valence-corrected chi connectivity index (χ1v) is 15.6. The molecular weight excluding hydrogens is 600 g/mol. The van der Waals surface area contributed by atoms with E-state index in [0.29, 0.717) is 36.3 Å². The summed E-state index contributed by atoms with van der Waals surface area (Å²) in [5.74, 6) is 5.83. The molecule has 0 saturated heterocycles. The zero-order valence-electron chi connectivity index (χ0n) is 29.2. The Balaban J connectivity index is 1.62. The van der Waals surface area contributed by atoms with E-state index < -0.39 is 33.2 Å². The minimum atomic E-state index is -1.09. The first kappa shape index (κ1) is 34.0. The van der Waals surface area contributed by atoms with Gasteiger partial charge in [0.15, 0.2) is 16.6 Å². The number of hydrogen-bond donors (Lipinski definition) is 0. The Morgan fingerprint density at radius 2 is 0.766 bits per heavy atom. The van der Waals surface area contributed by atoms with E-state index in [0.717, 1.165) is 9.80 Å². The smallest absolute Gasteiger partial charge is 0.316 e. The van der Waals surface area contributed by atoms with Crippen LogP contribution in [-0.2, 0) is 15.6 Å². The van der Waals surface area contributed by atoms with Gasteiger partial charge < -0.3 is 15.6 Å². The van der Waals surface area contributed by atoms with Crippen molar-refractivity contribution < 1.29 is 29.8 Å². The van der Waals surface area contributed by atoms with Gasteiger partial charge in [-0.15, -0.1) is 0 Å². The van der Waals surface area contributed by atoms with Gasteiger partial charge in [0.2, 0.25) is 0 Å². The van der Waals surface area contributed by atoms with Gasteiger partial charge in [-0.3, -0.25) is 14.2 Å². The van der Waals surface area contributed by atoms with Gasteiger partial charge in [-0.2, -0.15) is 0 Å². The summed E-state index contributed by atoms with van der Waals surface area (Å²) in [5.41, 5.74) is -4.45. The maximum absolute atomic E-state index is 13.6. The van der Waals surface area contributed by atoms with Gasteiger partial charge in [0.05, 0.1) is 16.7 Å². The van der Waals surface area contributed by atoms with Crippen LogP contribution in [0.15, 0.2) is 42.5 Å². The summed E-state index contributed by atoms with van der Waals surface area (Å²) >= 11 is 0. The van der Waals surface area contributed by atoms with Gasteiger partial charge in [-0.1, -0.05) is 27.0 Å². The molecule has 2 aromatic rings. The molecule has 0 fully saturated rings. The molecule has 0 spiro atoms. The summed E-state index contributed by atoms with van der Waals surface area (Å²) in [6.07, 6.45) is 0. The molecule has 2 aromatic carbocycles. The number of benzene rings is 2. The third kappa shape index (κ3) is 4.43. The standard InChI is InChI=1S/C35H43N6O6/c1-30(2)31(3,4)37(43)27(36(30)42)24-17-15-22(16-18-24)13-14-23-19-25(28-38(44)32(5,6)33(7,8)39(28)45)21-26(20-23)29-40(46)34(9,10)35(11,12)41(29)47/h15-21H,1-12H3.